The molecule has 17 heavy (non-hydrogen) atoms. The van der Waals surface area contributed by atoms with Crippen LogP contribution in [0.3, 0.4) is 0 Å². The fourth-order valence-corrected chi connectivity index (χ4v) is 1.94. The van der Waals surface area contributed by atoms with E-state index in [1.54, 1.807) is 6.07 Å². The molecule has 4 nitrogen and oxygen atoms in total. The molecule has 0 spiro atoms. The van der Waals surface area contributed by atoms with E-state index in [2.05, 4.69) is 26.1 Å². The van der Waals surface area contributed by atoms with E-state index in [4.69, 9.17) is 21.8 Å². The van der Waals surface area contributed by atoms with Crippen LogP contribution < -0.4 is 5.73 Å². The summed E-state index contributed by atoms with van der Waals surface area (Å²) in [6.45, 7) is 0.607. The summed E-state index contributed by atoms with van der Waals surface area (Å²) in [5.74, 6) is 1.02. The third-order valence-corrected chi connectivity index (χ3v) is 3.04. The largest absolute Gasteiger partial charge is 0.421 e. The Hall–Kier alpha value is -0.910. The highest BCUT2D eigenvalue weighted by Gasteiger charge is 2.12. The molecule has 0 unspecified atom stereocenters. The van der Waals surface area contributed by atoms with Gasteiger partial charge < -0.3 is 10.2 Å². The van der Waals surface area contributed by atoms with Gasteiger partial charge in [0.2, 0.25) is 11.8 Å². The zero-order valence-electron chi connectivity index (χ0n) is 8.99. The van der Waals surface area contributed by atoms with Crippen molar-refractivity contribution >= 4 is 27.5 Å². The molecule has 0 atom stereocenters. The minimum atomic E-state index is 0.434. The second kappa shape index (κ2) is 5.62. The molecule has 0 radical (unpaired) electrons. The summed E-state index contributed by atoms with van der Waals surface area (Å²) < 4.78 is 6.44. The fourth-order valence-electron chi connectivity index (χ4n) is 1.38. The van der Waals surface area contributed by atoms with Crippen LogP contribution in [0.25, 0.3) is 11.5 Å². The van der Waals surface area contributed by atoms with Crippen molar-refractivity contribution < 1.29 is 4.42 Å². The summed E-state index contributed by atoms with van der Waals surface area (Å²) in [5.41, 5.74) is 6.15. The van der Waals surface area contributed by atoms with Gasteiger partial charge in [-0.05, 0) is 31.2 Å². The van der Waals surface area contributed by atoms with Crippen molar-refractivity contribution in [2.45, 2.75) is 12.8 Å². The maximum atomic E-state index is 6.08. The van der Waals surface area contributed by atoms with Gasteiger partial charge in [0, 0.05) is 10.9 Å². The van der Waals surface area contributed by atoms with Crippen LogP contribution in [0.5, 0.6) is 0 Å². The van der Waals surface area contributed by atoms with E-state index in [1.165, 1.54) is 0 Å². The zero-order valence-corrected chi connectivity index (χ0v) is 11.3. The molecular formula is C11H11BrClN3O. The smallest absolute Gasteiger partial charge is 0.249 e. The lowest BCUT2D eigenvalue weighted by atomic mass is 10.2. The van der Waals surface area contributed by atoms with Gasteiger partial charge in [-0.25, -0.2) is 0 Å². The average molecular weight is 317 g/mol. The van der Waals surface area contributed by atoms with Gasteiger partial charge in [-0.2, -0.15) is 0 Å². The maximum Gasteiger partial charge on any atom is 0.249 e. The predicted molar refractivity (Wildman–Crippen MR) is 69.8 cm³/mol. The molecule has 1 heterocycles. The lowest BCUT2D eigenvalue weighted by Crippen LogP contribution is -2.00. The van der Waals surface area contributed by atoms with Gasteiger partial charge in [0.15, 0.2) is 0 Å². The number of aromatic nitrogens is 2. The molecule has 0 saturated heterocycles. The zero-order chi connectivity index (χ0) is 12.3. The number of nitrogens with two attached hydrogens (primary N) is 1. The van der Waals surface area contributed by atoms with Gasteiger partial charge in [-0.1, -0.05) is 27.5 Å². The van der Waals surface area contributed by atoms with Gasteiger partial charge in [0.05, 0.1) is 10.6 Å². The Kier molecular flexibility index (Phi) is 4.15. The van der Waals surface area contributed by atoms with Crippen LogP contribution in [0.2, 0.25) is 5.02 Å². The molecule has 90 valence electrons. The minimum absolute atomic E-state index is 0.434. The first-order chi connectivity index (χ1) is 8.20. The van der Waals surface area contributed by atoms with Crippen LogP contribution in [0.15, 0.2) is 27.1 Å². The van der Waals surface area contributed by atoms with E-state index in [0.29, 0.717) is 29.8 Å². The first-order valence-corrected chi connectivity index (χ1v) is 6.35. The van der Waals surface area contributed by atoms with Crippen LogP contribution in [-0.4, -0.2) is 16.7 Å². The van der Waals surface area contributed by atoms with Crippen LogP contribution in [0.4, 0.5) is 0 Å². The molecule has 1 aromatic heterocycles. The second-order valence-electron chi connectivity index (χ2n) is 3.52. The standard InChI is InChI=1S/C11H11BrClN3O/c12-7-3-4-9(13)8(6-7)11-16-15-10(17-11)2-1-5-14/h3-4,6H,1-2,5,14H2. The van der Waals surface area contributed by atoms with E-state index < -0.39 is 0 Å². The molecule has 0 aliphatic heterocycles. The summed E-state index contributed by atoms with van der Waals surface area (Å²) in [6, 6.07) is 5.49. The predicted octanol–water partition coefficient (Wildman–Crippen LogP) is 3.04. The second-order valence-corrected chi connectivity index (χ2v) is 4.84. The topological polar surface area (TPSA) is 64.9 Å². The van der Waals surface area contributed by atoms with Crippen molar-refractivity contribution in [1.82, 2.24) is 10.2 Å². The Bertz CT molecular complexity index is 515. The molecule has 0 aliphatic carbocycles. The van der Waals surface area contributed by atoms with Gasteiger partial charge in [-0.15, -0.1) is 10.2 Å². The summed E-state index contributed by atoms with van der Waals surface area (Å²) in [4.78, 5) is 0. The number of hydrogen-bond acceptors (Lipinski definition) is 4. The molecule has 0 bridgehead atoms. The van der Waals surface area contributed by atoms with Crippen LogP contribution in [0, 0.1) is 0 Å². The van der Waals surface area contributed by atoms with Crippen molar-refractivity contribution in [3.8, 4) is 11.5 Å². The molecule has 0 aliphatic rings. The van der Waals surface area contributed by atoms with Crippen LogP contribution in [-0.2, 0) is 6.42 Å². The molecule has 2 N–H and O–H groups in total. The highest BCUT2D eigenvalue weighted by atomic mass is 79.9. The highest BCUT2D eigenvalue weighted by Crippen LogP contribution is 2.29. The van der Waals surface area contributed by atoms with Gasteiger partial charge >= 0.3 is 0 Å². The van der Waals surface area contributed by atoms with Crippen molar-refractivity contribution in [1.29, 1.82) is 0 Å². The number of rotatable bonds is 4. The Balaban J connectivity index is 2.27. The molecule has 6 heteroatoms. The van der Waals surface area contributed by atoms with Crippen molar-refractivity contribution in [3.63, 3.8) is 0 Å². The van der Waals surface area contributed by atoms with Crippen LogP contribution in [0.1, 0.15) is 12.3 Å². The normalized spacial score (nSPS) is 10.8. The monoisotopic (exact) mass is 315 g/mol. The number of aryl methyl sites for hydroxylation is 1. The first kappa shape index (κ1) is 12.5. The maximum absolute atomic E-state index is 6.08. The van der Waals surface area contributed by atoms with Crippen LogP contribution >= 0.6 is 27.5 Å². The van der Waals surface area contributed by atoms with Crippen molar-refractivity contribution in [3.05, 3.63) is 33.6 Å². The Morgan fingerprint density at radius 3 is 2.94 bits per heavy atom. The van der Waals surface area contributed by atoms with E-state index in [-0.39, 0.29) is 0 Å². The summed E-state index contributed by atoms with van der Waals surface area (Å²) >= 11 is 9.45. The minimum Gasteiger partial charge on any atom is -0.421 e. The fraction of sp³-hybridized carbons (Fsp3) is 0.273. The number of hydrogen-bond donors (Lipinski definition) is 1. The Labute approximate surface area is 112 Å². The van der Waals surface area contributed by atoms with E-state index in [0.717, 1.165) is 16.5 Å². The quantitative estimate of drug-likeness (QED) is 0.941. The number of benzene rings is 1. The van der Waals surface area contributed by atoms with E-state index >= 15 is 0 Å². The molecule has 0 fully saturated rings. The molecular weight excluding hydrogens is 305 g/mol. The molecule has 0 saturated carbocycles. The SMILES string of the molecule is NCCCc1nnc(-c2cc(Br)ccc2Cl)o1. The summed E-state index contributed by atoms with van der Waals surface area (Å²) in [7, 11) is 0. The molecule has 2 aromatic rings. The summed E-state index contributed by atoms with van der Waals surface area (Å²) in [5, 5.41) is 8.52. The Morgan fingerprint density at radius 2 is 2.18 bits per heavy atom. The molecule has 1 aromatic carbocycles. The van der Waals surface area contributed by atoms with Gasteiger partial charge in [0.1, 0.15) is 0 Å². The third kappa shape index (κ3) is 3.06. The first-order valence-electron chi connectivity index (χ1n) is 5.18. The van der Waals surface area contributed by atoms with Crippen molar-refractivity contribution in [2.75, 3.05) is 6.54 Å². The average Bonchev–Trinajstić information content (AvgIpc) is 2.78. The van der Waals surface area contributed by atoms with Gasteiger partial charge in [0.25, 0.3) is 0 Å². The number of halogens is 2. The van der Waals surface area contributed by atoms with Gasteiger partial charge in [-0.3, -0.25) is 0 Å². The lowest BCUT2D eigenvalue weighted by molar-refractivity contribution is 0.499. The van der Waals surface area contributed by atoms with E-state index in [1.807, 2.05) is 12.1 Å². The summed E-state index contributed by atoms with van der Waals surface area (Å²) in [6.07, 6.45) is 1.52. The number of nitrogens with zero attached hydrogens (tertiary/aromatic N) is 2. The third-order valence-electron chi connectivity index (χ3n) is 2.22. The van der Waals surface area contributed by atoms with E-state index in [9.17, 15) is 0 Å². The molecule has 0 amide bonds. The highest BCUT2D eigenvalue weighted by molar-refractivity contribution is 9.10. The molecule has 2 rings (SSSR count). The lowest BCUT2D eigenvalue weighted by Gasteiger charge is -1.99. The van der Waals surface area contributed by atoms with Crippen molar-refractivity contribution in [2.24, 2.45) is 5.73 Å². The Morgan fingerprint density at radius 1 is 1.35 bits per heavy atom.